The molecule has 1 heterocycles. The van der Waals surface area contributed by atoms with Gasteiger partial charge in [-0.15, -0.1) is 5.10 Å². The Kier molecular flexibility index (Phi) is 5.10. The molecule has 0 saturated carbocycles. The molecule has 0 saturated heterocycles. The van der Waals surface area contributed by atoms with Gasteiger partial charge in [0, 0.05) is 24.0 Å². The Hall–Kier alpha value is -3.71. The number of halogens is 1. The molecule has 0 aliphatic carbocycles. The highest BCUT2D eigenvalue weighted by Gasteiger charge is 2.21. The molecule has 3 rings (SSSR count). The number of ether oxygens (including phenoxy) is 1. The van der Waals surface area contributed by atoms with E-state index in [9.17, 15) is 17.6 Å². The van der Waals surface area contributed by atoms with Crippen molar-refractivity contribution in [1.29, 1.82) is 0 Å². The first-order chi connectivity index (χ1) is 13.3. The molecule has 0 aliphatic heterocycles. The minimum atomic E-state index is -3.87. The number of nitrogens with one attached hydrogen (secondary N) is 1. The first-order valence-electron chi connectivity index (χ1n) is 7.68. The molecule has 142 valence electrons. The fourth-order valence-electron chi connectivity index (χ4n) is 2.23. The topological polar surface area (TPSA) is 122 Å². The number of aromatic amines is 1. The molecule has 0 bridgehead atoms. The van der Waals surface area contributed by atoms with E-state index in [1.807, 2.05) is 0 Å². The molecule has 0 spiro atoms. The van der Waals surface area contributed by atoms with Gasteiger partial charge in [-0.3, -0.25) is 0 Å². The number of carboxylic acids is 1. The van der Waals surface area contributed by atoms with E-state index in [0.29, 0.717) is 5.56 Å². The summed E-state index contributed by atoms with van der Waals surface area (Å²) < 4.78 is 44.1. The highest BCUT2D eigenvalue weighted by molar-refractivity contribution is 7.90. The molecule has 28 heavy (non-hydrogen) atoms. The molecule has 10 heteroatoms. The maximum absolute atomic E-state index is 14.6. The van der Waals surface area contributed by atoms with Crippen LogP contribution in [0.15, 0.2) is 47.4 Å². The van der Waals surface area contributed by atoms with Crippen LogP contribution < -0.4 is 4.74 Å². The van der Waals surface area contributed by atoms with Gasteiger partial charge in [0.15, 0.2) is 9.84 Å². The largest absolute Gasteiger partial charge is 0.476 e. The molecule has 2 N–H and O–H groups in total. The number of hydrogen-bond acceptors (Lipinski definition) is 6. The SMILES string of the molecule is CS(=O)(=O)c1cc(Oc2[nH]nnc2C(=O)O)cc(F)c1C#Cc1ccccc1. The Morgan fingerprint density at radius 2 is 1.93 bits per heavy atom. The highest BCUT2D eigenvalue weighted by Crippen LogP contribution is 2.29. The lowest BCUT2D eigenvalue weighted by atomic mass is 10.1. The molecular formula is C18H12FN3O5S. The van der Waals surface area contributed by atoms with Gasteiger partial charge in [0.25, 0.3) is 5.88 Å². The summed E-state index contributed by atoms with van der Waals surface area (Å²) in [6, 6.07) is 10.6. The van der Waals surface area contributed by atoms with E-state index in [2.05, 4.69) is 27.3 Å². The van der Waals surface area contributed by atoms with Crippen molar-refractivity contribution >= 4 is 15.8 Å². The van der Waals surface area contributed by atoms with Crippen LogP contribution in [0.2, 0.25) is 0 Å². The fraction of sp³-hybridized carbons (Fsp3) is 0.0556. The zero-order valence-electron chi connectivity index (χ0n) is 14.3. The van der Waals surface area contributed by atoms with Gasteiger partial charge in [0.05, 0.1) is 10.5 Å². The van der Waals surface area contributed by atoms with Crippen LogP contribution in [0.3, 0.4) is 0 Å². The summed E-state index contributed by atoms with van der Waals surface area (Å²) in [7, 11) is -3.87. The van der Waals surface area contributed by atoms with E-state index < -0.39 is 32.2 Å². The predicted octanol–water partition coefficient (Wildman–Crippen LogP) is 2.24. The van der Waals surface area contributed by atoms with Gasteiger partial charge < -0.3 is 9.84 Å². The normalized spacial score (nSPS) is 10.8. The lowest BCUT2D eigenvalue weighted by Gasteiger charge is -2.09. The second-order valence-electron chi connectivity index (χ2n) is 5.56. The van der Waals surface area contributed by atoms with Gasteiger partial charge in [0.1, 0.15) is 11.6 Å². The quantitative estimate of drug-likeness (QED) is 0.643. The zero-order chi connectivity index (χ0) is 20.3. The molecule has 1 aromatic heterocycles. The Morgan fingerprint density at radius 1 is 1.21 bits per heavy atom. The molecule has 0 aliphatic rings. The van der Waals surface area contributed by atoms with E-state index in [0.717, 1.165) is 18.4 Å². The number of benzene rings is 2. The average Bonchev–Trinajstić information content (AvgIpc) is 3.09. The van der Waals surface area contributed by atoms with Crippen LogP contribution in [0.1, 0.15) is 21.6 Å². The summed E-state index contributed by atoms with van der Waals surface area (Å²) >= 11 is 0. The van der Waals surface area contributed by atoms with Crippen LogP contribution >= 0.6 is 0 Å². The molecule has 0 amide bonds. The fourth-order valence-corrected chi connectivity index (χ4v) is 3.08. The van der Waals surface area contributed by atoms with E-state index in [1.165, 1.54) is 0 Å². The number of aromatic carboxylic acids is 1. The third kappa shape index (κ3) is 4.16. The second kappa shape index (κ2) is 7.50. The third-order valence-electron chi connectivity index (χ3n) is 3.47. The Morgan fingerprint density at radius 3 is 2.57 bits per heavy atom. The van der Waals surface area contributed by atoms with Crippen molar-refractivity contribution in [2.45, 2.75) is 4.90 Å². The number of aromatic nitrogens is 3. The minimum absolute atomic E-state index is 0.253. The number of nitrogens with zero attached hydrogens (tertiary/aromatic N) is 2. The maximum atomic E-state index is 14.6. The van der Waals surface area contributed by atoms with Crippen LogP contribution in [0, 0.1) is 17.7 Å². The van der Waals surface area contributed by atoms with Crippen LogP contribution in [0.4, 0.5) is 4.39 Å². The summed E-state index contributed by atoms with van der Waals surface area (Å²) in [5, 5.41) is 17.8. The van der Waals surface area contributed by atoms with E-state index >= 15 is 0 Å². The lowest BCUT2D eigenvalue weighted by Crippen LogP contribution is -2.05. The third-order valence-corrected chi connectivity index (χ3v) is 4.59. The maximum Gasteiger partial charge on any atom is 0.362 e. The number of hydrogen-bond donors (Lipinski definition) is 2. The highest BCUT2D eigenvalue weighted by atomic mass is 32.2. The lowest BCUT2D eigenvalue weighted by molar-refractivity contribution is 0.0687. The van der Waals surface area contributed by atoms with Crippen molar-refractivity contribution < 1.29 is 27.4 Å². The van der Waals surface area contributed by atoms with E-state index in [1.54, 1.807) is 30.3 Å². The van der Waals surface area contributed by atoms with Gasteiger partial charge in [-0.25, -0.2) is 22.7 Å². The van der Waals surface area contributed by atoms with Crippen molar-refractivity contribution in [3.8, 4) is 23.5 Å². The van der Waals surface area contributed by atoms with Crippen molar-refractivity contribution in [3.05, 3.63) is 65.1 Å². The first kappa shape index (κ1) is 19.1. The van der Waals surface area contributed by atoms with Gasteiger partial charge in [-0.1, -0.05) is 35.3 Å². The van der Waals surface area contributed by atoms with Crippen LogP contribution in [0.25, 0.3) is 0 Å². The number of carbonyl (C=O) groups is 1. The Bertz CT molecular complexity index is 1210. The predicted molar refractivity (Wildman–Crippen MR) is 95.3 cm³/mol. The standard InChI is InChI=1S/C18H12FN3O5S/c1-28(25,26)15-10-12(27-17-16(18(23)24)20-22-21-17)9-14(19)13(15)8-7-11-5-3-2-4-6-11/h2-6,9-10H,1H3,(H,23,24)(H,20,21,22). The monoisotopic (exact) mass is 401 g/mol. The van der Waals surface area contributed by atoms with Crippen molar-refractivity contribution in [3.63, 3.8) is 0 Å². The van der Waals surface area contributed by atoms with Crippen molar-refractivity contribution in [2.24, 2.45) is 0 Å². The second-order valence-corrected chi connectivity index (χ2v) is 7.55. The summed E-state index contributed by atoms with van der Waals surface area (Å²) in [6.45, 7) is 0. The van der Waals surface area contributed by atoms with Gasteiger partial charge in [0.2, 0.25) is 5.69 Å². The molecule has 3 aromatic rings. The molecule has 8 nitrogen and oxygen atoms in total. The van der Waals surface area contributed by atoms with Crippen molar-refractivity contribution in [1.82, 2.24) is 15.4 Å². The smallest absolute Gasteiger partial charge is 0.362 e. The number of H-pyrrole nitrogens is 1. The van der Waals surface area contributed by atoms with Crippen LogP contribution in [-0.2, 0) is 9.84 Å². The van der Waals surface area contributed by atoms with Gasteiger partial charge in [-0.05, 0) is 12.1 Å². The molecule has 0 radical (unpaired) electrons. The van der Waals surface area contributed by atoms with Crippen LogP contribution in [-0.4, -0.2) is 41.2 Å². The number of carboxylic acid groups (broad SMARTS) is 1. The zero-order valence-corrected chi connectivity index (χ0v) is 15.1. The molecule has 0 unspecified atom stereocenters. The Labute approximate surface area is 158 Å². The summed E-state index contributed by atoms with van der Waals surface area (Å²) in [6.07, 6.45) is 0.902. The van der Waals surface area contributed by atoms with Gasteiger partial charge >= 0.3 is 5.97 Å². The first-order valence-corrected chi connectivity index (χ1v) is 9.57. The summed E-state index contributed by atoms with van der Waals surface area (Å²) in [5.41, 5.74) is -0.273. The van der Waals surface area contributed by atoms with E-state index in [4.69, 9.17) is 9.84 Å². The minimum Gasteiger partial charge on any atom is -0.476 e. The average molecular weight is 401 g/mol. The molecule has 0 fully saturated rings. The van der Waals surface area contributed by atoms with Crippen LogP contribution in [0.5, 0.6) is 11.6 Å². The summed E-state index contributed by atoms with van der Waals surface area (Å²) in [5.74, 6) is 2.26. The van der Waals surface area contributed by atoms with E-state index in [-0.39, 0.29) is 17.2 Å². The summed E-state index contributed by atoms with van der Waals surface area (Å²) in [4.78, 5) is 10.7. The number of rotatable bonds is 4. The number of sulfone groups is 1. The molecule has 2 aromatic carbocycles. The Balaban J connectivity index is 2.07. The molecule has 0 atom stereocenters. The van der Waals surface area contributed by atoms with Gasteiger partial charge in [-0.2, -0.15) is 0 Å². The van der Waals surface area contributed by atoms with Crippen molar-refractivity contribution in [2.75, 3.05) is 6.26 Å². The molecular weight excluding hydrogens is 389 g/mol.